The lowest BCUT2D eigenvalue weighted by atomic mass is 10.2. The number of benzene rings is 2. The normalized spacial score (nSPS) is 11.1. The summed E-state index contributed by atoms with van der Waals surface area (Å²) in [6, 6.07) is 15.7. The minimum Gasteiger partial charge on any atom is -0.453 e. The molecule has 2 aromatic carbocycles. The molecule has 0 radical (unpaired) electrons. The number of halogens is 1. The van der Waals surface area contributed by atoms with Gasteiger partial charge in [-0.15, -0.1) is 11.3 Å². The highest BCUT2D eigenvalue weighted by molar-refractivity contribution is 7.18. The van der Waals surface area contributed by atoms with E-state index in [4.69, 9.17) is 4.74 Å². The monoisotopic (exact) mass is 405 g/mol. The van der Waals surface area contributed by atoms with Crippen LogP contribution in [0.3, 0.4) is 0 Å². The number of hydrogen-bond acceptors (Lipinski definition) is 5. The summed E-state index contributed by atoms with van der Waals surface area (Å²) in [5.74, 6) is -0.259. The van der Waals surface area contributed by atoms with Gasteiger partial charge in [0.1, 0.15) is 10.8 Å². The van der Waals surface area contributed by atoms with Crippen LogP contribution in [0.15, 0.2) is 73.1 Å². The average molecular weight is 405 g/mol. The fourth-order valence-electron chi connectivity index (χ4n) is 2.63. The molecule has 0 aliphatic rings. The molecule has 29 heavy (non-hydrogen) atoms. The number of carbonyl (C=O) groups excluding carboxylic acids is 1. The first-order valence-corrected chi connectivity index (χ1v) is 9.67. The first kappa shape index (κ1) is 18.8. The number of amides is 1. The van der Waals surface area contributed by atoms with Crippen LogP contribution in [-0.4, -0.2) is 15.9 Å². The van der Waals surface area contributed by atoms with Crippen LogP contribution >= 0.6 is 11.3 Å². The van der Waals surface area contributed by atoms with Gasteiger partial charge in [-0.25, -0.2) is 9.37 Å². The van der Waals surface area contributed by atoms with Crippen molar-refractivity contribution in [1.82, 2.24) is 15.3 Å². The molecule has 2 aromatic heterocycles. The van der Waals surface area contributed by atoms with Crippen LogP contribution < -0.4 is 10.1 Å². The SMILES string of the molecule is O=C(/C=C/c1ccc(Oc2cccnc2)c(F)c1)NCc1nc2ccccc2s1. The van der Waals surface area contributed by atoms with E-state index < -0.39 is 5.82 Å². The molecular formula is C22H16FN3O2S. The fourth-order valence-corrected chi connectivity index (χ4v) is 3.53. The standard InChI is InChI=1S/C22H16FN3O2S/c23-17-12-15(7-9-19(17)28-16-4-3-11-24-13-16)8-10-21(27)25-14-22-26-18-5-1-2-6-20(18)29-22/h1-13H,14H2,(H,25,27)/b10-8+. The number of hydrogen-bond donors (Lipinski definition) is 1. The largest absolute Gasteiger partial charge is 0.453 e. The summed E-state index contributed by atoms with van der Waals surface area (Å²) in [6.45, 7) is 0.342. The summed E-state index contributed by atoms with van der Waals surface area (Å²) in [4.78, 5) is 20.4. The molecule has 2 heterocycles. The van der Waals surface area contributed by atoms with Gasteiger partial charge in [0.2, 0.25) is 5.91 Å². The minimum absolute atomic E-state index is 0.0930. The quantitative estimate of drug-likeness (QED) is 0.461. The van der Waals surface area contributed by atoms with Gasteiger partial charge in [-0.2, -0.15) is 0 Å². The van der Waals surface area contributed by atoms with Gasteiger partial charge in [-0.05, 0) is 48.0 Å². The van der Waals surface area contributed by atoms with Crippen molar-refractivity contribution in [3.8, 4) is 11.5 Å². The Bertz CT molecular complexity index is 1140. The van der Waals surface area contributed by atoms with E-state index in [0.717, 1.165) is 15.2 Å². The van der Waals surface area contributed by atoms with Crippen molar-refractivity contribution in [2.24, 2.45) is 0 Å². The second-order valence-electron chi connectivity index (χ2n) is 6.11. The molecule has 5 nitrogen and oxygen atoms in total. The van der Waals surface area contributed by atoms with Crippen molar-refractivity contribution >= 4 is 33.5 Å². The summed E-state index contributed by atoms with van der Waals surface area (Å²) in [5, 5.41) is 3.62. The molecule has 0 aliphatic carbocycles. The predicted molar refractivity (Wildman–Crippen MR) is 111 cm³/mol. The third-order valence-corrected chi connectivity index (χ3v) is 5.03. The van der Waals surface area contributed by atoms with E-state index in [0.29, 0.717) is 17.9 Å². The zero-order chi connectivity index (χ0) is 20.1. The number of aromatic nitrogens is 2. The zero-order valence-corrected chi connectivity index (χ0v) is 16.0. The Kier molecular flexibility index (Phi) is 5.58. The molecule has 144 valence electrons. The number of fused-ring (bicyclic) bond motifs is 1. The van der Waals surface area contributed by atoms with E-state index >= 15 is 0 Å². The number of carbonyl (C=O) groups is 1. The Morgan fingerprint density at radius 1 is 1.17 bits per heavy atom. The van der Waals surface area contributed by atoms with E-state index in [1.165, 1.54) is 24.4 Å². The summed E-state index contributed by atoms with van der Waals surface area (Å²) >= 11 is 1.54. The molecule has 0 saturated heterocycles. The lowest BCUT2D eigenvalue weighted by Crippen LogP contribution is -2.20. The summed E-state index contributed by atoms with van der Waals surface area (Å²) in [6.07, 6.45) is 6.02. The molecular weight excluding hydrogens is 389 g/mol. The zero-order valence-electron chi connectivity index (χ0n) is 15.2. The molecule has 0 spiro atoms. The van der Waals surface area contributed by atoms with Crippen molar-refractivity contribution in [2.75, 3.05) is 0 Å². The second kappa shape index (κ2) is 8.62. The van der Waals surface area contributed by atoms with Gasteiger partial charge in [-0.3, -0.25) is 9.78 Å². The average Bonchev–Trinajstić information content (AvgIpc) is 3.16. The van der Waals surface area contributed by atoms with Crippen LogP contribution in [0.4, 0.5) is 4.39 Å². The Hall–Kier alpha value is -3.58. The third kappa shape index (κ3) is 4.83. The van der Waals surface area contributed by atoms with Crippen LogP contribution in [0.2, 0.25) is 0 Å². The Morgan fingerprint density at radius 3 is 2.86 bits per heavy atom. The number of thiazole rings is 1. The van der Waals surface area contributed by atoms with Crippen molar-refractivity contribution < 1.29 is 13.9 Å². The lowest BCUT2D eigenvalue weighted by molar-refractivity contribution is -0.116. The van der Waals surface area contributed by atoms with Gasteiger partial charge in [-0.1, -0.05) is 18.2 Å². The Labute approximate surface area is 170 Å². The fraction of sp³-hybridized carbons (Fsp3) is 0.0455. The van der Waals surface area contributed by atoms with E-state index in [1.54, 1.807) is 41.8 Å². The molecule has 0 saturated carbocycles. The number of nitrogens with one attached hydrogen (secondary N) is 1. The van der Waals surface area contributed by atoms with E-state index in [1.807, 2.05) is 24.3 Å². The van der Waals surface area contributed by atoms with Gasteiger partial charge in [0.15, 0.2) is 11.6 Å². The van der Waals surface area contributed by atoms with E-state index in [9.17, 15) is 9.18 Å². The van der Waals surface area contributed by atoms with Crippen molar-refractivity contribution in [3.63, 3.8) is 0 Å². The maximum absolute atomic E-state index is 14.2. The topological polar surface area (TPSA) is 64.1 Å². The molecule has 7 heteroatoms. The van der Waals surface area contributed by atoms with E-state index in [-0.39, 0.29) is 11.7 Å². The molecule has 1 amide bonds. The number of para-hydroxylation sites is 1. The summed E-state index contributed by atoms with van der Waals surface area (Å²) in [7, 11) is 0. The third-order valence-electron chi connectivity index (χ3n) is 4.00. The van der Waals surface area contributed by atoms with Gasteiger partial charge in [0.25, 0.3) is 0 Å². The van der Waals surface area contributed by atoms with Crippen LogP contribution in [0, 0.1) is 5.82 Å². The van der Waals surface area contributed by atoms with Crippen LogP contribution in [0.1, 0.15) is 10.6 Å². The van der Waals surface area contributed by atoms with Crippen molar-refractivity contribution in [1.29, 1.82) is 0 Å². The maximum Gasteiger partial charge on any atom is 0.244 e. The minimum atomic E-state index is -0.522. The second-order valence-corrected chi connectivity index (χ2v) is 7.22. The van der Waals surface area contributed by atoms with Gasteiger partial charge in [0.05, 0.1) is 23.0 Å². The molecule has 0 fully saturated rings. The molecule has 0 atom stereocenters. The highest BCUT2D eigenvalue weighted by Gasteiger charge is 2.07. The van der Waals surface area contributed by atoms with Crippen LogP contribution in [0.25, 0.3) is 16.3 Å². The van der Waals surface area contributed by atoms with Gasteiger partial charge in [0, 0.05) is 12.3 Å². The molecule has 4 rings (SSSR count). The highest BCUT2D eigenvalue weighted by Crippen LogP contribution is 2.25. The molecule has 4 aromatic rings. The first-order chi connectivity index (χ1) is 14.2. The van der Waals surface area contributed by atoms with Crippen molar-refractivity contribution in [2.45, 2.75) is 6.54 Å². The maximum atomic E-state index is 14.2. The van der Waals surface area contributed by atoms with Crippen LogP contribution in [0.5, 0.6) is 11.5 Å². The first-order valence-electron chi connectivity index (χ1n) is 8.85. The number of rotatable bonds is 6. The lowest BCUT2D eigenvalue weighted by Gasteiger charge is -2.06. The van der Waals surface area contributed by atoms with Gasteiger partial charge < -0.3 is 10.1 Å². The highest BCUT2D eigenvalue weighted by atomic mass is 32.1. The number of ether oxygens (including phenoxy) is 1. The molecule has 0 bridgehead atoms. The summed E-state index contributed by atoms with van der Waals surface area (Å²) in [5.41, 5.74) is 1.47. The molecule has 0 unspecified atom stereocenters. The number of nitrogens with zero attached hydrogens (tertiary/aromatic N) is 2. The number of pyridine rings is 1. The summed E-state index contributed by atoms with van der Waals surface area (Å²) < 4.78 is 20.8. The van der Waals surface area contributed by atoms with E-state index in [2.05, 4.69) is 15.3 Å². The van der Waals surface area contributed by atoms with Crippen molar-refractivity contribution in [3.05, 3.63) is 89.5 Å². The molecule has 0 aliphatic heterocycles. The Balaban J connectivity index is 1.35. The smallest absolute Gasteiger partial charge is 0.244 e. The molecule has 1 N–H and O–H groups in total. The van der Waals surface area contributed by atoms with Gasteiger partial charge >= 0.3 is 0 Å². The van der Waals surface area contributed by atoms with Crippen LogP contribution in [-0.2, 0) is 11.3 Å². The predicted octanol–water partition coefficient (Wildman–Crippen LogP) is 4.95. The Morgan fingerprint density at radius 2 is 2.07 bits per heavy atom.